The minimum Gasteiger partial charge on any atom is -0.468 e. The number of ether oxygens (including phenoxy) is 1. The minimum atomic E-state index is -0.426. The van der Waals surface area contributed by atoms with Crippen molar-refractivity contribution in [3.63, 3.8) is 0 Å². The number of unbranched alkanes of at least 4 members (excludes halogenated alkanes) is 2. The third-order valence-corrected chi connectivity index (χ3v) is 1.72. The number of methoxy groups -OCH3 is 1. The van der Waals surface area contributed by atoms with E-state index in [-0.39, 0.29) is 12.5 Å². The van der Waals surface area contributed by atoms with E-state index in [0.717, 1.165) is 19.3 Å². The molecule has 14 heavy (non-hydrogen) atoms. The Morgan fingerprint density at radius 2 is 2.14 bits per heavy atom. The van der Waals surface area contributed by atoms with Crippen LogP contribution in [0.15, 0.2) is 12.7 Å². The highest BCUT2D eigenvalue weighted by atomic mass is 16.5. The highest BCUT2D eigenvalue weighted by Gasteiger charge is 2.03. The lowest BCUT2D eigenvalue weighted by Gasteiger charge is -2.02. The molecule has 0 fully saturated rings. The van der Waals surface area contributed by atoms with Crippen LogP contribution < -0.4 is 5.32 Å². The van der Waals surface area contributed by atoms with Crippen LogP contribution in [0.1, 0.15) is 25.7 Å². The predicted molar refractivity (Wildman–Crippen MR) is 53.7 cm³/mol. The maximum absolute atomic E-state index is 11.1. The van der Waals surface area contributed by atoms with Gasteiger partial charge in [0.1, 0.15) is 6.54 Å². The molecule has 0 aromatic carbocycles. The van der Waals surface area contributed by atoms with Crippen LogP contribution >= 0.6 is 0 Å². The Hall–Kier alpha value is -1.32. The maximum atomic E-state index is 11.1. The lowest BCUT2D eigenvalue weighted by molar-refractivity contribution is -0.141. The summed E-state index contributed by atoms with van der Waals surface area (Å²) in [7, 11) is 1.29. The van der Waals surface area contributed by atoms with E-state index in [9.17, 15) is 9.59 Å². The topological polar surface area (TPSA) is 55.4 Å². The number of hydrogen-bond acceptors (Lipinski definition) is 3. The SMILES string of the molecule is C=CCCCCC(=O)NCC(=O)OC. The van der Waals surface area contributed by atoms with E-state index in [0.29, 0.717) is 6.42 Å². The zero-order chi connectivity index (χ0) is 10.8. The Kier molecular flexibility index (Phi) is 7.50. The standard InChI is InChI=1S/C10H17NO3/c1-3-4-5-6-7-9(12)11-8-10(13)14-2/h3H,1,4-8H2,2H3,(H,11,12). The van der Waals surface area contributed by atoms with E-state index in [2.05, 4.69) is 16.6 Å². The fraction of sp³-hybridized carbons (Fsp3) is 0.600. The van der Waals surface area contributed by atoms with Crippen molar-refractivity contribution in [3.05, 3.63) is 12.7 Å². The van der Waals surface area contributed by atoms with Gasteiger partial charge in [0.15, 0.2) is 0 Å². The van der Waals surface area contributed by atoms with Gasteiger partial charge in [0.25, 0.3) is 0 Å². The molecule has 4 heteroatoms. The average Bonchev–Trinajstić information content (AvgIpc) is 2.21. The molecule has 80 valence electrons. The molecule has 0 aliphatic rings. The molecule has 0 bridgehead atoms. The van der Waals surface area contributed by atoms with Crippen molar-refractivity contribution >= 4 is 11.9 Å². The number of nitrogens with one attached hydrogen (secondary N) is 1. The molecule has 0 spiro atoms. The first kappa shape index (κ1) is 12.7. The van der Waals surface area contributed by atoms with Gasteiger partial charge >= 0.3 is 5.97 Å². The number of hydrogen-bond donors (Lipinski definition) is 1. The van der Waals surface area contributed by atoms with Crippen LogP contribution in [0.4, 0.5) is 0 Å². The Morgan fingerprint density at radius 3 is 2.71 bits per heavy atom. The van der Waals surface area contributed by atoms with Gasteiger partial charge in [-0.25, -0.2) is 0 Å². The zero-order valence-electron chi connectivity index (χ0n) is 8.54. The van der Waals surface area contributed by atoms with Gasteiger partial charge in [-0.05, 0) is 19.3 Å². The molecule has 0 atom stereocenters. The highest BCUT2D eigenvalue weighted by molar-refractivity contribution is 5.81. The number of carbonyl (C=O) groups excluding carboxylic acids is 2. The normalized spacial score (nSPS) is 9.21. The summed E-state index contributed by atoms with van der Waals surface area (Å²) in [6, 6.07) is 0. The second-order valence-corrected chi connectivity index (χ2v) is 2.89. The van der Waals surface area contributed by atoms with E-state index in [1.807, 2.05) is 6.08 Å². The molecule has 1 amide bonds. The largest absolute Gasteiger partial charge is 0.468 e. The van der Waals surface area contributed by atoms with E-state index < -0.39 is 5.97 Å². The lowest BCUT2D eigenvalue weighted by Crippen LogP contribution is -2.29. The molecule has 0 saturated carbocycles. The minimum absolute atomic E-state index is 0.0448. The summed E-state index contributed by atoms with van der Waals surface area (Å²) in [6.45, 7) is 3.54. The van der Waals surface area contributed by atoms with Gasteiger partial charge < -0.3 is 10.1 Å². The molecule has 0 unspecified atom stereocenters. The monoisotopic (exact) mass is 199 g/mol. The zero-order valence-corrected chi connectivity index (χ0v) is 8.54. The van der Waals surface area contributed by atoms with Crippen molar-refractivity contribution in [2.24, 2.45) is 0 Å². The summed E-state index contributed by atoms with van der Waals surface area (Å²) in [5.74, 6) is -0.538. The highest BCUT2D eigenvalue weighted by Crippen LogP contribution is 1.99. The summed E-state index contributed by atoms with van der Waals surface area (Å²) in [4.78, 5) is 21.7. The summed E-state index contributed by atoms with van der Waals surface area (Å²) in [6.07, 6.45) is 4.97. The molecule has 1 N–H and O–H groups in total. The Bertz CT molecular complexity index is 202. The van der Waals surface area contributed by atoms with Gasteiger partial charge in [0.05, 0.1) is 7.11 Å². The van der Waals surface area contributed by atoms with Crippen molar-refractivity contribution in [2.75, 3.05) is 13.7 Å². The maximum Gasteiger partial charge on any atom is 0.325 e. The molecule has 0 aliphatic heterocycles. The van der Waals surface area contributed by atoms with E-state index in [1.54, 1.807) is 0 Å². The predicted octanol–water partition coefficient (Wildman–Crippen LogP) is 1.02. The van der Waals surface area contributed by atoms with Crippen LogP contribution in [0.2, 0.25) is 0 Å². The first-order valence-electron chi connectivity index (χ1n) is 4.65. The fourth-order valence-electron chi connectivity index (χ4n) is 0.906. The van der Waals surface area contributed by atoms with Crippen molar-refractivity contribution in [2.45, 2.75) is 25.7 Å². The summed E-state index contributed by atoms with van der Waals surface area (Å²) in [5.41, 5.74) is 0. The van der Waals surface area contributed by atoms with Crippen LogP contribution in [0, 0.1) is 0 Å². The summed E-state index contributed by atoms with van der Waals surface area (Å²) >= 11 is 0. The van der Waals surface area contributed by atoms with E-state index >= 15 is 0 Å². The number of allylic oxidation sites excluding steroid dienone is 1. The van der Waals surface area contributed by atoms with Gasteiger partial charge in [-0.1, -0.05) is 6.08 Å². The van der Waals surface area contributed by atoms with Crippen molar-refractivity contribution < 1.29 is 14.3 Å². The van der Waals surface area contributed by atoms with Crippen molar-refractivity contribution in [1.29, 1.82) is 0 Å². The van der Waals surface area contributed by atoms with Crippen LogP contribution in [-0.4, -0.2) is 25.5 Å². The number of carbonyl (C=O) groups is 2. The number of rotatable bonds is 7. The fourth-order valence-corrected chi connectivity index (χ4v) is 0.906. The van der Waals surface area contributed by atoms with Crippen molar-refractivity contribution in [1.82, 2.24) is 5.32 Å². The van der Waals surface area contributed by atoms with Crippen molar-refractivity contribution in [3.8, 4) is 0 Å². The lowest BCUT2D eigenvalue weighted by atomic mass is 10.2. The second-order valence-electron chi connectivity index (χ2n) is 2.89. The van der Waals surface area contributed by atoms with Crippen LogP contribution in [0.3, 0.4) is 0 Å². The van der Waals surface area contributed by atoms with Gasteiger partial charge in [-0.15, -0.1) is 6.58 Å². The number of esters is 1. The smallest absolute Gasteiger partial charge is 0.325 e. The van der Waals surface area contributed by atoms with Crippen LogP contribution in [-0.2, 0) is 14.3 Å². The van der Waals surface area contributed by atoms with Gasteiger partial charge in [0.2, 0.25) is 5.91 Å². The third kappa shape index (κ3) is 7.34. The molecule has 0 heterocycles. The third-order valence-electron chi connectivity index (χ3n) is 1.72. The van der Waals surface area contributed by atoms with Gasteiger partial charge in [0, 0.05) is 6.42 Å². The molecule has 0 saturated heterocycles. The van der Waals surface area contributed by atoms with E-state index in [4.69, 9.17) is 0 Å². The summed E-state index contributed by atoms with van der Waals surface area (Å²) in [5, 5.41) is 2.47. The molecular weight excluding hydrogens is 182 g/mol. The molecule has 0 aromatic heterocycles. The van der Waals surface area contributed by atoms with Gasteiger partial charge in [-0.2, -0.15) is 0 Å². The van der Waals surface area contributed by atoms with Crippen LogP contribution in [0.5, 0.6) is 0 Å². The Balaban J connectivity index is 3.36. The molecule has 0 aliphatic carbocycles. The molecular formula is C10H17NO3. The average molecular weight is 199 g/mol. The second kappa shape index (κ2) is 8.29. The quantitative estimate of drug-likeness (QED) is 0.378. The molecule has 4 nitrogen and oxygen atoms in total. The Labute approximate surface area is 84.3 Å². The molecule has 0 rings (SSSR count). The number of amides is 1. The first-order valence-corrected chi connectivity index (χ1v) is 4.65. The van der Waals surface area contributed by atoms with Crippen LogP contribution in [0.25, 0.3) is 0 Å². The molecule has 0 aromatic rings. The van der Waals surface area contributed by atoms with Gasteiger partial charge in [-0.3, -0.25) is 9.59 Å². The molecule has 0 radical (unpaired) electrons. The first-order chi connectivity index (χ1) is 6.70. The Morgan fingerprint density at radius 1 is 1.43 bits per heavy atom. The van der Waals surface area contributed by atoms with E-state index in [1.165, 1.54) is 7.11 Å². The summed E-state index contributed by atoms with van der Waals surface area (Å²) < 4.78 is 4.38.